The average Bonchev–Trinajstić information content (AvgIpc) is 3.03. The van der Waals surface area contributed by atoms with Crippen LogP contribution in [0.25, 0.3) is 32.8 Å². The summed E-state index contributed by atoms with van der Waals surface area (Å²) in [6.45, 7) is 2.44. The van der Waals surface area contributed by atoms with Crippen LogP contribution in [0.2, 0.25) is 0 Å². The van der Waals surface area contributed by atoms with Crippen molar-refractivity contribution in [1.29, 1.82) is 0 Å². The summed E-state index contributed by atoms with van der Waals surface area (Å²) in [5.74, 6) is -0.338. The highest BCUT2D eigenvalue weighted by Gasteiger charge is 2.22. The van der Waals surface area contributed by atoms with Crippen molar-refractivity contribution >= 4 is 34.0 Å². The van der Waals surface area contributed by atoms with Crippen molar-refractivity contribution in [3.8, 4) is 11.1 Å². The molecule has 0 radical (unpaired) electrons. The van der Waals surface area contributed by atoms with Gasteiger partial charge in [0.2, 0.25) is 0 Å². The molecule has 3 aromatic carbocycles. The van der Waals surface area contributed by atoms with Crippen LogP contribution >= 0.6 is 0 Å². The number of hydrogen-bond acceptors (Lipinski definition) is 3. The molecule has 0 saturated carbocycles. The van der Waals surface area contributed by atoms with E-state index in [0.29, 0.717) is 18.7 Å². The van der Waals surface area contributed by atoms with Crippen molar-refractivity contribution < 1.29 is 9.53 Å². The lowest BCUT2D eigenvalue weighted by Crippen LogP contribution is -2.09. The smallest absolute Gasteiger partial charge is 0.340 e. The van der Waals surface area contributed by atoms with E-state index in [1.807, 2.05) is 36.7 Å². The van der Waals surface area contributed by atoms with Gasteiger partial charge in [-0.15, -0.1) is 0 Å². The molecule has 0 aliphatic carbocycles. The molecule has 0 amide bonds. The first kappa shape index (κ1) is 18.7. The molecule has 0 fully saturated rings. The monoisotopic (exact) mass is 385 g/mol. The number of nitrogens with two attached hydrogens (primary N) is 1. The lowest BCUT2D eigenvalue weighted by molar-refractivity contribution is 0.0527. The molecule has 5 nitrogen and oxygen atoms in total. The number of benzene rings is 3. The third-order valence-electron chi connectivity index (χ3n) is 5.25. The van der Waals surface area contributed by atoms with Crippen molar-refractivity contribution in [2.75, 3.05) is 6.61 Å². The van der Waals surface area contributed by atoms with Crippen molar-refractivity contribution in [2.24, 2.45) is 17.8 Å². The topological polar surface area (TPSA) is 69.6 Å². The Morgan fingerprint density at radius 1 is 1.10 bits per heavy atom. The van der Waals surface area contributed by atoms with Gasteiger partial charge in [-0.25, -0.2) is 4.79 Å². The van der Waals surface area contributed by atoms with Crippen LogP contribution in [-0.4, -0.2) is 23.5 Å². The molecule has 29 heavy (non-hydrogen) atoms. The van der Waals surface area contributed by atoms with Crippen molar-refractivity contribution in [2.45, 2.75) is 13.5 Å². The molecule has 0 spiro atoms. The summed E-state index contributed by atoms with van der Waals surface area (Å²) < 4.78 is 7.34. The van der Waals surface area contributed by atoms with E-state index in [4.69, 9.17) is 10.5 Å². The van der Waals surface area contributed by atoms with E-state index in [1.165, 1.54) is 17.1 Å². The van der Waals surface area contributed by atoms with Gasteiger partial charge >= 0.3 is 5.97 Å². The minimum Gasteiger partial charge on any atom is -0.462 e. The Hall–Kier alpha value is -3.60. The fourth-order valence-corrected chi connectivity index (χ4v) is 3.90. The maximum Gasteiger partial charge on any atom is 0.340 e. The number of carbonyl (C=O) groups is 1. The number of nitrogens with zero attached hydrogens (tertiary/aromatic N) is 2. The first-order valence-electron chi connectivity index (χ1n) is 9.62. The predicted molar refractivity (Wildman–Crippen MR) is 118 cm³/mol. The fraction of sp³-hybridized carbons (Fsp3) is 0.167. The standard InChI is InChI=1S/C24H23N3O2/c1-3-29-24(28)23-20-13-17(11-12-21(20)27(2)22(23)14-26-15-25)19-10-6-8-16-7-4-5-9-18(16)19/h4-13,15H,3,14H2,1-2H3,(H2,25,26). The first-order valence-corrected chi connectivity index (χ1v) is 9.62. The Bertz CT molecular complexity index is 1230. The van der Waals surface area contributed by atoms with E-state index in [0.717, 1.165) is 27.7 Å². The summed E-state index contributed by atoms with van der Waals surface area (Å²) in [6, 6.07) is 20.8. The molecule has 4 rings (SSSR count). The molecule has 5 heteroatoms. The third kappa shape index (κ3) is 3.25. The maximum atomic E-state index is 12.8. The molecule has 4 aromatic rings. The van der Waals surface area contributed by atoms with Crippen LogP contribution in [0.4, 0.5) is 0 Å². The second-order valence-electron chi connectivity index (χ2n) is 6.85. The molecule has 0 unspecified atom stereocenters. The van der Waals surface area contributed by atoms with Gasteiger partial charge < -0.3 is 15.0 Å². The summed E-state index contributed by atoms with van der Waals surface area (Å²) in [7, 11) is 1.93. The summed E-state index contributed by atoms with van der Waals surface area (Å²) >= 11 is 0. The highest BCUT2D eigenvalue weighted by molar-refractivity contribution is 6.08. The van der Waals surface area contributed by atoms with Gasteiger partial charge in [0.25, 0.3) is 0 Å². The Kier molecular flexibility index (Phi) is 5.04. The zero-order valence-electron chi connectivity index (χ0n) is 16.6. The molecule has 146 valence electrons. The van der Waals surface area contributed by atoms with Crippen LogP contribution in [0, 0.1) is 0 Å². The second-order valence-corrected chi connectivity index (χ2v) is 6.85. The second kappa shape index (κ2) is 7.80. The normalized spacial score (nSPS) is 11.5. The number of esters is 1. The summed E-state index contributed by atoms with van der Waals surface area (Å²) in [4.78, 5) is 16.9. The lowest BCUT2D eigenvalue weighted by atomic mass is 9.96. The van der Waals surface area contributed by atoms with E-state index >= 15 is 0 Å². The molecule has 0 saturated heterocycles. The van der Waals surface area contributed by atoms with Gasteiger partial charge in [0.05, 0.1) is 30.7 Å². The van der Waals surface area contributed by atoms with Gasteiger partial charge in [0.15, 0.2) is 0 Å². The number of aliphatic imine (C=N–C) groups is 1. The molecule has 1 aromatic heterocycles. The van der Waals surface area contributed by atoms with E-state index in [-0.39, 0.29) is 5.97 Å². The van der Waals surface area contributed by atoms with Gasteiger partial charge in [0.1, 0.15) is 0 Å². The van der Waals surface area contributed by atoms with Crippen LogP contribution in [0.5, 0.6) is 0 Å². The summed E-state index contributed by atoms with van der Waals surface area (Å²) in [5.41, 5.74) is 9.92. The zero-order chi connectivity index (χ0) is 20.4. The van der Waals surface area contributed by atoms with Crippen LogP contribution in [0.3, 0.4) is 0 Å². The van der Waals surface area contributed by atoms with Crippen molar-refractivity contribution in [3.63, 3.8) is 0 Å². The van der Waals surface area contributed by atoms with Crippen LogP contribution in [-0.2, 0) is 18.3 Å². The Morgan fingerprint density at radius 3 is 2.69 bits per heavy atom. The Morgan fingerprint density at radius 2 is 1.90 bits per heavy atom. The number of carbonyl (C=O) groups excluding carboxylic acids is 1. The molecule has 2 N–H and O–H groups in total. The highest BCUT2D eigenvalue weighted by atomic mass is 16.5. The number of rotatable bonds is 5. The SMILES string of the molecule is CCOC(=O)c1c(CN=CN)n(C)c2ccc(-c3cccc4ccccc34)cc12. The predicted octanol–water partition coefficient (Wildman–Crippen LogP) is 4.66. The minimum atomic E-state index is -0.338. The zero-order valence-corrected chi connectivity index (χ0v) is 16.6. The summed E-state index contributed by atoms with van der Waals surface area (Å²) in [5, 5.41) is 3.22. The quantitative estimate of drug-likeness (QED) is 0.308. The van der Waals surface area contributed by atoms with E-state index in [9.17, 15) is 4.79 Å². The average molecular weight is 385 g/mol. The summed E-state index contributed by atoms with van der Waals surface area (Å²) in [6.07, 6.45) is 1.26. The van der Waals surface area contributed by atoms with Crippen LogP contribution in [0.1, 0.15) is 23.0 Å². The van der Waals surface area contributed by atoms with Crippen LogP contribution < -0.4 is 5.73 Å². The molecular weight excluding hydrogens is 362 g/mol. The Balaban J connectivity index is 1.97. The molecule has 0 aliphatic heterocycles. The molecule has 0 atom stereocenters. The highest BCUT2D eigenvalue weighted by Crippen LogP contribution is 2.34. The molecule has 1 heterocycles. The van der Waals surface area contributed by atoms with E-state index < -0.39 is 0 Å². The lowest BCUT2D eigenvalue weighted by Gasteiger charge is -2.08. The van der Waals surface area contributed by atoms with Crippen molar-refractivity contribution in [3.05, 3.63) is 71.9 Å². The first-order chi connectivity index (χ1) is 14.2. The largest absolute Gasteiger partial charge is 0.462 e. The molecule has 0 bridgehead atoms. The number of aromatic nitrogens is 1. The van der Waals surface area contributed by atoms with Gasteiger partial charge in [-0.05, 0) is 41.0 Å². The number of aryl methyl sites for hydroxylation is 1. The van der Waals surface area contributed by atoms with E-state index in [2.05, 4.69) is 47.5 Å². The van der Waals surface area contributed by atoms with Gasteiger partial charge in [-0.3, -0.25) is 4.99 Å². The number of hydrogen-bond donors (Lipinski definition) is 1. The minimum absolute atomic E-state index is 0.317. The van der Waals surface area contributed by atoms with Gasteiger partial charge in [0, 0.05) is 18.0 Å². The number of fused-ring (bicyclic) bond motifs is 2. The van der Waals surface area contributed by atoms with Crippen molar-refractivity contribution in [1.82, 2.24) is 4.57 Å². The number of ether oxygens (including phenoxy) is 1. The third-order valence-corrected chi connectivity index (χ3v) is 5.25. The van der Waals surface area contributed by atoms with Crippen LogP contribution in [0.15, 0.2) is 65.7 Å². The maximum absolute atomic E-state index is 12.8. The van der Waals surface area contributed by atoms with Gasteiger partial charge in [-0.2, -0.15) is 0 Å². The molecular formula is C24H23N3O2. The fourth-order valence-electron chi connectivity index (χ4n) is 3.90. The van der Waals surface area contributed by atoms with E-state index in [1.54, 1.807) is 0 Å². The Labute approximate surface area is 169 Å². The molecule has 0 aliphatic rings. The van der Waals surface area contributed by atoms with Gasteiger partial charge in [-0.1, -0.05) is 48.5 Å².